The number of aryl methyl sites for hydroxylation is 1. The highest BCUT2D eigenvalue weighted by molar-refractivity contribution is 9.10. The average molecular weight is 483 g/mol. The van der Waals surface area contributed by atoms with Crippen LogP contribution in [0, 0.1) is 6.92 Å². The Kier molecular flexibility index (Phi) is 8.34. The Morgan fingerprint density at radius 2 is 1.90 bits per heavy atom. The van der Waals surface area contributed by atoms with Crippen molar-refractivity contribution in [3.63, 3.8) is 0 Å². The molecule has 0 spiro atoms. The zero-order chi connectivity index (χ0) is 21.4. The summed E-state index contributed by atoms with van der Waals surface area (Å²) in [5.74, 6) is -2.21. The fourth-order valence-electron chi connectivity index (χ4n) is 2.20. The molecule has 2 amide bonds. The molecule has 0 fully saturated rings. The third-order valence-electron chi connectivity index (χ3n) is 3.49. The van der Waals surface area contributed by atoms with Gasteiger partial charge in [-0.1, -0.05) is 22.0 Å². The Bertz CT molecular complexity index is 927. The molecular formula is C19H19BrN2O6S. The van der Waals surface area contributed by atoms with Crippen LogP contribution in [0.1, 0.15) is 32.5 Å². The molecule has 29 heavy (non-hydrogen) atoms. The fraction of sp³-hybridized carbons (Fsp3) is 0.263. The number of halogens is 1. The molecule has 1 heterocycles. The molecule has 2 rings (SSSR count). The maximum absolute atomic E-state index is 12.0. The summed E-state index contributed by atoms with van der Waals surface area (Å²) >= 11 is 4.33. The van der Waals surface area contributed by atoms with E-state index < -0.39 is 30.4 Å². The van der Waals surface area contributed by atoms with E-state index in [1.54, 1.807) is 44.2 Å². The third kappa shape index (κ3) is 6.99. The van der Waals surface area contributed by atoms with Crippen LogP contribution in [0.15, 0.2) is 34.8 Å². The molecule has 2 aromatic rings. The van der Waals surface area contributed by atoms with E-state index in [4.69, 9.17) is 9.47 Å². The van der Waals surface area contributed by atoms with Crippen molar-refractivity contribution in [1.82, 2.24) is 5.32 Å². The van der Waals surface area contributed by atoms with Crippen molar-refractivity contribution >= 4 is 56.0 Å². The molecule has 1 aromatic heterocycles. The van der Waals surface area contributed by atoms with Crippen LogP contribution in [0.4, 0.5) is 5.00 Å². The lowest BCUT2D eigenvalue weighted by Crippen LogP contribution is -2.32. The molecule has 10 heteroatoms. The number of anilines is 1. The lowest BCUT2D eigenvalue weighted by molar-refractivity contribution is -0.146. The van der Waals surface area contributed by atoms with Gasteiger partial charge in [-0.05, 0) is 43.7 Å². The minimum Gasteiger partial charge on any atom is -0.462 e. The number of hydrogen-bond acceptors (Lipinski definition) is 7. The third-order valence-corrected chi connectivity index (χ3v) is 5.11. The minimum absolute atomic E-state index is 0.256. The first-order valence-corrected chi connectivity index (χ1v) is 10.2. The highest BCUT2D eigenvalue weighted by Crippen LogP contribution is 2.27. The predicted octanol–water partition coefficient (Wildman–Crippen LogP) is 2.91. The van der Waals surface area contributed by atoms with Crippen LogP contribution in [0.2, 0.25) is 0 Å². The first kappa shape index (κ1) is 22.6. The molecule has 0 aliphatic heterocycles. The first-order chi connectivity index (χ1) is 13.8. The van der Waals surface area contributed by atoms with Gasteiger partial charge in [0, 0.05) is 10.0 Å². The van der Waals surface area contributed by atoms with E-state index in [-0.39, 0.29) is 13.2 Å². The summed E-state index contributed by atoms with van der Waals surface area (Å²) in [5.41, 5.74) is 1.06. The van der Waals surface area contributed by atoms with Gasteiger partial charge in [-0.3, -0.25) is 14.4 Å². The van der Waals surface area contributed by atoms with Gasteiger partial charge in [0.05, 0.1) is 11.6 Å². The van der Waals surface area contributed by atoms with Gasteiger partial charge in [0.25, 0.3) is 11.8 Å². The number of amides is 2. The molecule has 0 unspecified atom stereocenters. The summed E-state index contributed by atoms with van der Waals surface area (Å²) in [6.45, 7) is 2.80. The van der Waals surface area contributed by atoms with Gasteiger partial charge in [-0.15, -0.1) is 11.3 Å². The van der Waals surface area contributed by atoms with Gasteiger partial charge in [-0.2, -0.15) is 0 Å². The van der Waals surface area contributed by atoms with Crippen molar-refractivity contribution in [2.24, 2.45) is 0 Å². The second kappa shape index (κ2) is 10.7. The Balaban J connectivity index is 1.77. The fourth-order valence-corrected chi connectivity index (χ4v) is 3.58. The van der Waals surface area contributed by atoms with E-state index in [1.807, 2.05) is 0 Å². The van der Waals surface area contributed by atoms with Crippen molar-refractivity contribution in [3.8, 4) is 0 Å². The van der Waals surface area contributed by atoms with Gasteiger partial charge < -0.3 is 20.1 Å². The Morgan fingerprint density at radius 3 is 2.59 bits per heavy atom. The van der Waals surface area contributed by atoms with Crippen molar-refractivity contribution in [2.45, 2.75) is 13.8 Å². The quantitative estimate of drug-likeness (QED) is 0.559. The van der Waals surface area contributed by atoms with Crippen LogP contribution in [-0.2, 0) is 19.1 Å². The van der Waals surface area contributed by atoms with E-state index in [0.29, 0.717) is 21.0 Å². The molecule has 0 saturated heterocycles. The van der Waals surface area contributed by atoms with Crippen LogP contribution in [-0.4, -0.2) is 43.5 Å². The van der Waals surface area contributed by atoms with Gasteiger partial charge in [0.1, 0.15) is 11.4 Å². The van der Waals surface area contributed by atoms with E-state index in [2.05, 4.69) is 26.6 Å². The van der Waals surface area contributed by atoms with Crippen molar-refractivity contribution in [2.75, 3.05) is 25.1 Å². The molecule has 0 atom stereocenters. The standard InChI is InChI=1S/C19H19BrN2O6S/c1-3-27-19(26)17-11(2)7-15(29-17)22-14(23)10-28-16(24)9-21-18(25)12-5-4-6-13(20)8-12/h4-8H,3,9-10H2,1-2H3,(H,21,25)(H,22,23). The van der Waals surface area contributed by atoms with Crippen molar-refractivity contribution < 1.29 is 28.7 Å². The number of carbonyl (C=O) groups is 4. The maximum atomic E-state index is 12.0. The van der Waals surface area contributed by atoms with Crippen LogP contribution >= 0.6 is 27.3 Å². The van der Waals surface area contributed by atoms with Gasteiger partial charge in [0.15, 0.2) is 6.61 Å². The van der Waals surface area contributed by atoms with E-state index in [9.17, 15) is 19.2 Å². The van der Waals surface area contributed by atoms with Crippen LogP contribution < -0.4 is 10.6 Å². The molecule has 0 saturated carbocycles. The topological polar surface area (TPSA) is 111 Å². The normalized spacial score (nSPS) is 10.2. The summed E-state index contributed by atoms with van der Waals surface area (Å²) < 4.78 is 10.5. The Labute approximate surface area is 179 Å². The average Bonchev–Trinajstić information content (AvgIpc) is 3.04. The number of hydrogen-bond donors (Lipinski definition) is 2. The second-order valence-electron chi connectivity index (χ2n) is 5.75. The van der Waals surface area contributed by atoms with Crippen molar-refractivity contribution in [3.05, 3.63) is 50.8 Å². The van der Waals surface area contributed by atoms with Gasteiger partial charge >= 0.3 is 11.9 Å². The molecule has 0 aliphatic rings. The highest BCUT2D eigenvalue weighted by atomic mass is 79.9. The maximum Gasteiger partial charge on any atom is 0.348 e. The van der Waals surface area contributed by atoms with E-state index in [1.165, 1.54) is 0 Å². The SMILES string of the molecule is CCOC(=O)c1sc(NC(=O)COC(=O)CNC(=O)c2cccc(Br)c2)cc1C. The number of esters is 2. The first-order valence-electron chi connectivity index (χ1n) is 8.57. The zero-order valence-electron chi connectivity index (χ0n) is 15.7. The minimum atomic E-state index is -0.752. The Morgan fingerprint density at radius 1 is 1.14 bits per heavy atom. The summed E-state index contributed by atoms with van der Waals surface area (Å²) in [6, 6.07) is 8.32. The molecular weight excluding hydrogens is 464 g/mol. The number of nitrogens with one attached hydrogen (secondary N) is 2. The van der Waals surface area contributed by atoms with Crippen LogP contribution in [0.25, 0.3) is 0 Å². The molecule has 1 aromatic carbocycles. The lowest BCUT2D eigenvalue weighted by atomic mass is 10.2. The summed E-state index contributed by atoms with van der Waals surface area (Å²) in [5, 5.41) is 5.41. The van der Waals surface area contributed by atoms with Crippen molar-refractivity contribution in [1.29, 1.82) is 0 Å². The summed E-state index contributed by atoms with van der Waals surface area (Å²) in [6.07, 6.45) is 0. The molecule has 0 bridgehead atoms. The van der Waals surface area contributed by atoms with E-state index >= 15 is 0 Å². The number of carbonyl (C=O) groups excluding carboxylic acids is 4. The summed E-state index contributed by atoms with van der Waals surface area (Å²) in [4.78, 5) is 47.8. The number of rotatable bonds is 8. The summed E-state index contributed by atoms with van der Waals surface area (Å²) in [7, 11) is 0. The predicted molar refractivity (Wildman–Crippen MR) is 111 cm³/mol. The lowest BCUT2D eigenvalue weighted by Gasteiger charge is -2.07. The molecule has 0 aliphatic carbocycles. The highest BCUT2D eigenvalue weighted by Gasteiger charge is 2.16. The van der Waals surface area contributed by atoms with Crippen LogP contribution in [0.5, 0.6) is 0 Å². The molecule has 0 radical (unpaired) electrons. The van der Waals surface area contributed by atoms with Gasteiger partial charge in [-0.25, -0.2) is 4.79 Å². The monoisotopic (exact) mass is 482 g/mol. The number of ether oxygens (including phenoxy) is 2. The van der Waals surface area contributed by atoms with Crippen LogP contribution in [0.3, 0.4) is 0 Å². The van der Waals surface area contributed by atoms with E-state index in [0.717, 1.165) is 15.8 Å². The Hall–Kier alpha value is -2.72. The number of thiophene rings is 1. The number of benzene rings is 1. The molecule has 2 N–H and O–H groups in total. The molecule has 8 nitrogen and oxygen atoms in total. The smallest absolute Gasteiger partial charge is 0.348 e. The second-order valence-corrected chi connectivity index (χ2v) is 7.71. The zero-order valence-corrected chi connectivity index (χ0v) is 18.1. The molecule has 154 valence electrons. The van der Waals surface area contributed by atoms with Gasteiger partial charge in [0.2, 0.25) is 0 Å². The largest absolute Gasteiger partial charge is 0.462 e.